The number of aliphatic hydroxyl groups is 1. The first-order chi connectivity index (χ1) is 11.7. The Labute approximate surface area is 146 Å². The maximum absolute atomic E-state index is 12.6. The van der Waals surface area contributed by atoms with E-state index in [1.54, 1.807) is 30.3 Å². The summed E-state index contributed by atoms with van der Waals surface area (Å²) in [7, 11) is -1.65. The van der Waals surface area contributed by atoms with E-state index in [-0.39, 0.29) is 5.91 Å². The van der Waals surface area contributed by atoms with Gasteiger partial charge in [-0.15, -0.1) is 0 Å². The van der Waals surface area contributed by atoms with Crippen molar-refractivity contribution < 1.29 is 18.3 Å². The molecule has 0 bridgehead atoms. The van der Waals surface area contributed by atoms with Crippen LogP contribution >= 0.6 is 0 Å². The number of anilines is 1. The summed E-state index contributed by atoms with van der Waals surface area (Å²) >= 11 is 0. The molecule has 2 heterocycles. The van der Waals surface area contributed by atoms with Crippen molar-refractivity contribution >= 4 is 21.6 Å². The third kappa shape index (κ3) is 3.83. The fourth-order valence-corrected chi connectivity index (χ4v) is 3.58. The van der Waals surface area contributed by atoms with E-state index in [1.165, 1.54) is 10.9 Å². The lowest BCUT2D eigenvalue weighted by atomic mass is 9.97. The average Bonchev–Trinajstić information content (AvgIpc) is 2.98. The van der Waals surface area contributed by atoms with Gasteiger partial charge in [-0.1, -0.05) is 12.1 Å². The van der Waals surface area contributed by atoms with Gasteiger partial charge in [0.2, 0.25) is 10.0 Å². The molecule has 1 aliphatic heterocycles. The van der Waals surface area contributed by atoms with Crippen molar-refractivity contribution in [1.82, 2.24) is 14.7 Å². The number of nitrogens with one attached hydrogen (secondary N) is 1. The summed E-state index contributed by atoms with van der Waals surface area (Å²) in [6.45, 7) is 0.733. The molecule has 1 atom stereocenters. The molecule has 1 aliphatic rings. The van der Waals surface area contributed by atoms with Crippen LogP contribution in [-0.4, -0.2) is 46.9 Å². The van der Waals surface area contributed by atoms with Gasteiger partial charge in [-0.25, -0.2) is 8.42 Å². The zero-order chi connectivity index (χ0) is 18.2. The SMILES string of the molecule is Cn1cc(C(O)C(=O)N2CCc3c(cccc3NS(C)(=O)=O)C2)cn1. The third-order valence-electron chi connectivity index (χ3n) is 4.15. The Morgan fingerprint density at radius 2 is 2.16 bits per heavy atom. The fraction of sp³-hybridized carbons (Fsp3) is 0.375. The first-order valence-electron chi connectivity index (χ1n) is 7.78. The summed E-state index contributed by atoms with van der Waals surface area (Å²) in [5, 5.41) is 14.2. The van der Waals surface area contributed by atoms with Gasteiger partial charge in [0.25, 0.3) is 5.91 Å². The Balaban J connectivity index is 1.79. The largest absolute Gasteiger partial charge is 0.378 e. The van der Waals surface area contributed by atoms with Crippen molar-refractivity contribution in [3.63, 3.8) is 0 Å². The van der Waals surface area contributed by atoms with Crippen LogP contribution < -0.4 is 4.72 Å². The molecule has 1 amide bonds. The van der Waals surface area contributed by atoms with Crippen molar-refractivity contribution in [2.45, 2.75) is 19.1 Å². The Kier molecular flexibility index (Phi) is 4.53. The normalized spacial score (nSPS) is 15.6. The summed E-state index contributed by atoms with van der Waals surface area (Å²) in [6, 6.07) is 5.32. The van der Waals surface area contributed by atoms with Gasteiger partial charge < -0.3 is 10.0 Å². The Bertz CT molecular complexity index is 907. The first kappa shape index (κ1) is 17.4. The van der Waals surface area contributed by atoms with Crippen LogP contribution in [0.3, 0.4) is 0 Å². The van der Waals surface area contributed by atoms with E-state index in [0.29, 0.717) is 30.8 Å². The van der Waals surface area contributed by atoms with Gasteiger partial charge in [0.1, 0.15) is 0 Å². The predicted molar refractivity (Wildman–Crippen MR) is 92.2 cm³/mol. The average molecular weight is 364 g/mol. The summed E-state index contributed by atoms with van der Waals surface area (Å²) in [5.41, 5.74) is 2.74. The maximum Gasteiger partial charge on any atom is 0.256 e. The topological polar surface area (TPSA) is 105 Å². The smallest absolute Gasteiger partial charge is 0.256 e. The molecule has 0 saturated carbocycles. The van der Waals surface area contributed by atoms with Crippen LogP contribution in [0, 0.1) is 0 Å². The van der Waals surface area contributed by atoms with Crippen LogP contribution in [0.4, 0.5) is 5.69 Å². The minimum Gasteiger partial charge on any atom is -0.378 e. The van der Waals surface area contributed by atoms with Crippen molar-refractivity contribution in [2.24, 2.45) is 7.05 Å². The minimum absolute atomic E-state index is 0.324. The number of benzene rings is 1. The lowest BCUT2D eigenvalue weighted by Gasteiger charge is -2.31. The van der Waals surface area contributed by atoms with Crippen LogP contribution in [-0.2, 0) is 34.8 Å². The number of amides is 1. The number of rotatable bonds is 4. The first-order valence-corrected chi connectivity index (χ1v) is 9.67. The molecule has 1 unspecified atom stereocenters. The molecule has 134 valence electrons. The van der Waals surface area contributed by atoms with Crippen molar-refractivity contribution in [3.05, 3.63) is 47.3 Å². The number of fused-ring (bicyclic) bond motifs is 1. The van der Waals surface area contributed by atoms with Crippen molar-refractivity contribution in [1.29, 1.82) is 0 Å². The minimum atomic E-state index is -3.37. The number of carbonyl (C=O) groups is 1. The van der Waals surface area contributed by atoms with Crippen molar-refractivity contribution in [2.75, 3.05) is 17.5 Å². The fourth-order valence-electron chi connectivity index (χ4n) is 2.99. The molecular formula is C16H20N4O4S. The van der Waals surface area contributed by atoms with Crippen LogP contribution in [0.15, 0.2) is 30.6 Å². The number of aryl methyl sites for hydroxylation is 1. The molecule has 2 N–H and O–H groups in total. The summed E-state index contributed by atoms with van der Waals surface area (Å²) in [6.07, 6.45) is 3.44. The lowest BCUT2D eigenvalue weighted by Crippen LogP contribution is -2.39. The monoisotopic (exact) mass is 364 g/mol. The molecule has 1 aromatic carbocycles. The third-order valence-corrected chi connectivity index (χ3v) is 4.74. The zero-order valence-corrected chi connectivity index (χ0v) is 14.8. The number of nitrogens with zero attached hydrogens (tertiary/aromatic N) is 3. The molecule has 0 spiro atoms. The van der Waals surface area contributed by atoms with Crippen LogP contribution in [0.5, 0.6) is 0 Å². The highest BCUT2D eigenvalue weighted by Crippen LogP contribution is 2.28. The standard InChI is InChI=1S/C16H20N4O4S/c1-19-9-12(8-17-19)15(21)16(22)20-7-6-13-11(10-20)4-3-5-14(13)18-25(2,23)24/h3-5,8-9,15,18,21H,6-7,10H2,1-2H3. The summed E-state index contributed by atoms with van der Waals surface area (Å²) in [5.74, 6) is -0.389. The van der Waals surface area contributed by atoms with Gasteiger partial charge in [0, 0.05) is 31.9 Å². The number of carbonyl (C=O) groups excluding carboxylic acids is 1. The molecule has 9 heteroatoms. The molecule has 1 aromatic heterocycles. The van der Waals surface area contributed by atoms with Crippen LogP contribution in [0.25, 0.3) is 0 Å². The van der Waals surface area contributed by atoms with Gasteiger partial charge in [-0.2, -0.15) is 5.10 Å². The van der Waals surface area contributed by atoms with E-state index in [4.69, 9.17) is 0 Å². The highest BCUT2D eigenvalue weighted by atomic mass is 32.2. The molecule has 8 nitrogen and oxygen atoms in total. The van der Waals surface area contributed by atoms with Crippen LogP contribution in [0.1, 0.15) is 22.8 Å². The highest BCUT2D eigenvalue weighted by molar-refractivity contribution is 7.92. The molecular weight excluding hydrogens is 344 g/mol. The number of hydrogen-bond donors (Lipinski definition) is 2. The second-order valence-corrected chi connectivity index (χ2v) is 7.93. The van der Waals surface area contributed by atoms with Gasteiger partial charge in [-0.05, 0) is 23.6 Å². The van der Waals surface area contributed by atoms with Crippen LogP contribution in [0.2, 0.25) is 0 Å². The number of hydrogen-bond acceptors (Lipinski definition) is 5. The maximum atomic E-state index is 12.6. The molecule has 0 aliphatic carbocycles. The molecule has 0 saturated heterocycles. The van der Waals surface area contributed by atoms with E-state index in [0.717, 1.165) is 17.4 Å². The van der Waals surface area contributed by atoms with Gasteiger partial charge in [0.05, 0.1) is 18.1 Å². The molecule has 3 rings (SSSR count). The van der Waals surface area contributed by atoms with Gasteiger partial charge in [-0.3, -0.25) is 14.2 Å². The summed E-state index contributed by atoms with van der Waals surface area (Å²) in [4.78, 5) is 14.1. The van der Waals surface area contributed by atoms with E-state index < -0.39 is 16.1 Å². The molecule has 0 radical (unpaired) electrons. The quantitative estimate of drug-likeness (QED) is 0.818. The second kappa shape index (κ2) is 6.49. The van der Waals surface area contributed by atoms with E-state index in [1.807, 2.05) is 6.07 Å². The molecule has 0 fully saturated rings. The second-order valence-electron chi connectivity index (χ2n) is 6.18. The van der Waals surface area contributed by atoms with Gasteiger partial charge >= 0.3 is 0 Å². The zero-order valence-electron chi connectivity index (χ0n) is 14.0. The van der Waals surface area contributed by atoms with E-state index in [2.05, 4.69) is 9.82 Å². The molecule has 25 heavy (non-hydrogen) atoms. The Morgan fingerprint density at radius 3 is 2.80 bits per heavy atom. The molecule has 2 aromatic rings. The highest BCUT2D eigenvalue weighted by Gasteiger charge is 2.28. The van der Waals surface area contributed by atoms with E-state index in [9.17, 15) is 18.3 Å². The van der Waals surface area contributed by atoms with E-state index >= 15 is 0 Å². The van der Waals surface area contributed by atoms with Gasteiger partial charge in [0.15, 0.2) is 6.10 Å². The number of sulfonamides is 1. The Morgan fingerprint density at radius 1 is 1.40 bits per heavy atom. The Hall–Kier alpha value is -2.39. The van der Waals surface area contributed by atoms with Crippen molar-refractivity contribution in [3.8, 4) is 0 Å². The summed E-state index contributed by atoms with van der Waals surface area (Å²) < 4.78 is 27.0. The predicted octanol–water partition coefficient (Wildman–Crippen LogP) is 0.410. The number of aliphatic hydroxyl groups excluding tert-OH is 1. The number of aromatic nitrogens is 2. The lowest BCUT2D eigenvalue weighted by molar-refractivity contribution is -0.141.